The molecule has 0 unspecified atom stereocenters. The minimum Gasteiger partial charge on any atom is -0.496 e. The monoisotopic (exact) mass is 268 g/mol. The molecule has 0 heterocycles. The highest BCUT2D eigenvalue weighted by atomic mass is 35.5. The Balaban J connectivity index is 3.15. The summed E-state index contributed by atoms with van der Waals surface area (Å²) in [6.07, 6.45) is 3.45. The molecule has 18 heavy (non-hydrogen) atoms. The van der Waals surface area contributed by atoms with Crippen LogP contribution in [0.1, 0.15) is 31.7 Å². The van der Waals surface area contributed by atoms with Crippen molar-refractivity contribution in [2.24, 2.45) is 0 Å². The van der Waals surface area contributed by atoms with Crippen LogP contribution in [-0.2, 0) is 4.79 Å². The first-order chi connectivity index (χ1) is 8.58. The maximum absolute atomic E-state index is 10.7. The number of hydrogen-bond donors (Lipinski definition) is 1. The Hall–Kier alpha value is -1.48. The number of carbonyl (C=O) groups is 1. The fraction of sp³-hybridized carbons (Fsp3) is 0.357. The Morgan fingerprint density at radius 3 is 2.78 bits per heavy atom. The number of carboxylic acids is 1. The highest BCUT2D eigenvalue weighted by molar-refractivity contribution is 6.30. The zero-order valence-electron chi connectivity index (χ0n) is 10.6. The van der Waals surface area contributed by atoms with Gasteiger partial charge in [-0.2, -0.15) is 0 Å². The van der Waals surface area contributed by atoms with Crippen molar-refractivity contribution in [3.8, 4) is 5.75 Å². The number of hydrogen-bond acceptors (Lipinski definition) is 2. The van der Waals surface area contributed by atoms with Crippen molar-refractivity contribution in [2.75, 3.05) is 7.11 Å². The van der Waals surface area contributed by atoms with Crippen LogP contribution in [0, 0.1) is 0 Å². The number of benzene rings is 1. The molecule has 98 valence electrons. The Morgan fingerprint density at radius 2 is 2.22 bits per heavy atom. The summed E-state index contributed by atoms with van der Waals surface area (Å²) in [7, 11) is 1.59. The van der Waals surface area contributed by atoms with Crippen molar-refractivity contribution < 1.29 is 14.6 Å². The molecule has 1 aromatic rings. The minimum absolute atomic E-state index is 0.00496. The third-order valence-corrected chi connectivity index (χ3v) is 2.78. The van der Waals surface area contributed by atoms with E-state index in [-0.39, 0.29) is 6.42 Å². The lowest BCUT2D eigenvalue weighted by Gasteiger charge is -2.12. The maximum Gasteiger partial charge on any atom is 0.307 e. The number of ether oxygens (including phenoxy) is 1. The SMILES string of the molecule is CCC/C(=C\CC(=O)O)c1cc(Cl)ccc1OC. The van der Waals surface area contributed by atoms with E-state index in [9.17, 15) is 4.79 Å². The lowest BCUT2D eigenvalue weighted by molar-refractivity contribution is -0.135. The van der Waals surface area contributed by atoms with E-state index in [1.54, 1.807) is 25.3 Å². The summed E-state index contributed by atoms with van der Waals surface area (Å²) >= 11 is 5.98. The second-order valence-corrected chi connectivity index (χ2v) is 4.36. The summed E-state index contributed by atoms with van der Waals surface area (Å²) in [6, 6.07) is 5.36. The predicted octanol–water partition coefficient (Wildman–Crippen LogP) is 4.01. The summed E-state index contributed by atoms with van der Waals surface area (Å²) < 4.78 is 5.29. The summed E-state index contributed by atoms with van der Waals surface area (Å²) in [5.41, 5.74) is 1.83. The van der Waals surface area contributed by atoms with E-state index in [1.165, 1.54) is 0 Å². The van der Waals surface area contributed by atoms with Crippen LogP contribution in [0.4, 0.5) is 0 Å². The summed E-state index contributed by atoms with van der Waals surface area (Å²) in [4.78, 5) is 10.7. The van der Waals surface area contributed by atoms with Gasteiger partial charge in [0, 0.05) is 10.6 Å². The first-order valence-electron chi connectivity index (χ1n) is 5.83. The van der Waals surface area contributed by atoms with Crippen LogP contribution >= 0.6 is 11.6 Å². The summed E-state index contributed by atoms with van der Waals surface area (Å²) in [5.74, 6) is -0.130. The topological polar surface area (TPSA) is 46.5 Å². The molecule has 0 aromatic heterocycles. The lowest BCUT2D eigenvalue weighted by Crippen LogP contribution is -1.95. The normalized spacial score (nSPS) is 11.4. The molecule has 3 nitrogen and oxygen atoms in total. The number of halogens is 1. The quantitative estimate of drug-likeness (QED) is 0.848. The lowest BCUT2D eigenvalue weighted by atomic mass is 9.99. The van der Waals surface area contributed by atoms with Gasteiger partial charge in [0.25, 0.3) is 0 Å². The number of allylic oxidation sites excluding steroid dienone is 1. The Kier molecular flexibility index (Phi) is 5.72. The van der Waals surface area contributed by atoms with Crippen LogP contribution in [0.25, 0.3) is 5.57 Å². The maximum atomic E-state index is 10.7. The Labute approximate surface area is 112 Å². The number of rotatable bonds is 6. The summed E-state index contributed by atoms with van der Waals surface area (Å²) in [5, 5.41) is 9.37. The van der Waals surface area contributed by atoms with Crippen LogP contribution in [0.5, 0.6) is 5.75 Å². The second-order valence-electron chi connectivity index (χ2n) is 3.92. The molecule has 1 aromatic carbocycles. The molecule has 0 atom stereocenters. The first kappa shape index (κ1) is 14.6. The molecule has 0 amide bonds. The van der Waals surface area contributed by atoms with Gasteiger partial charge in [0.1, 0.15) is 5.75 Å². The molecule has 0 radical (unpaired) electrons. The number of methoxy groups -OCH3 is 1. The van der Waals surface area contributed by atoms with Gasteiger partial charge >= 0.3 is 5.97 Å². The minimum atomic E-state index is -0.843. The molecule has 0 aliphatic rings. The van der Waals surface area contributed by atoms with Crippen molar-refractivity contribution >= 4 is 23.1 Å². The highest BCUT2D eigenvalue weighted by Gasteiger charge is 2.09. The third-order valence-electron chi connectivity index (χ3n) is 2.55. The summed E-state index contributed by atoms with van der Waals surface area (Å²) in [6.45, 7) is 2.05. The van der Waals surface area contributed by atoms with Crippen LogP contribution in [-0.4, -0.2) is 18.2 Å². The van der Waals surface area contributed by atoms with Gasteiger partial charge in [0.2, 0.25) is 0 Å². The van der Waals surface area contributed by atoms with Gasteiger partial charge in [-0.3, -0.25) is 4.79 Å². The van der Waals surface area contributed by atoms with E-state index in [0.717, 1.165) is 24.0 Å². The number of aliphatic carboxylic acids is 1. The molecule has 0 bridgehead atoms. The molecule has 0 aliphatic carbocycles. The van der Waals surface area contributed by atoms with Gasteiger partial charge < -0.3 is 9.84 Å². The van der Waals surface area contributed by atoms with Crippen molar-refractivity contribution in [3.05, 3.63) is 34.9 Å². The Bertz CT molecular complexity index is 452. The van der Waals surface area contributed by atoms with Gasteiger partial charge in [-0.25, -0.2) is 0 Å². The van der Waals surface area contributed by atoms with E-state index >= 15 is 0 Å². The molecule has 0 fully saturated rings. The Morgan fingerprint density at radius 1 is 1.50 bits per heavy atom. The van der Waals surface area contributed by atoms with Gasteiger partial charge in [-0.1, -0.05) is 31.0 Å². The smallest absolute Gasteiger partial charge is 0.307 e. The van der Waals surface area contributed by atoms with E-state index in [0.29, 0.717) is 10.8 Å². The molecule has 0 aliphatic heterocycles. The van der Waals surface area contributed by atoms with Crippen molar-refractivity contribution in [3.63, 3.8) is 0 Å². The average molecular weight is 269 g/mol. The molecular weight excluding hydrogens is 252 g/mol. The first-order valence-corrected chi connectivity index (χ1v) is 6.21. The predicted molar refractivity (Wildman–Crippen MR) is 73.1 cm³/mol. The van der Waals surface area contributed by atoms with E-state index in [4.69, 9.17) is 21.4 Å². The molecule has 0 saturated heterocycles. The van der Waals surface area contributed by atoms with Gasteiger partial charge in [-0.05, 0) is 30.2 Å². The molecule has 0 spiro atoms. The number of carboxylic acid groups (broad SMARTS) is 1. The third kappa shape index (κ3) is 4.08. The van der Waals surface area contributed by atoms with E-state index < -0.39 is 5.97 Å². The van der Waals surface area contributed by atoms with Gasteiger partial charge in [0.05, 0.1) is 13.5 Å². The molecule has 1 N–H and O–H groups in total. The molecular formula is C14H17ClO3. The fourth-order valence-electron chi connectivity index (χ4n) is 1.76. The molecule has 4 heteroatoms. The van der Waals surface area contributed by atoms with Gasteiger partial charge in [-0.15, -0.1) is 0 Å². The van der Waals surface area contributed by atoms with Gasteiger partial charge in [0.15, 0.2) is 0 Å². The van der Waals surface area contributed by atoms with Crippen molar-refractivity contribution in [1.82, 2.24) is 0 Å². The van der Waals surface area contributed by atoms with Crippen LogP contribution in [0.15, 0.2) is 24.3 Å². The van der Waals surface area contributed by atoms with Crippen LogP contribution in [0.2, 0.25) is 5.02 Å². The zero-order valence-corrected chi connectivity index (χ0v) is 11.3. The average Bonchev–Trinajstić information content (AvgIpc) is 2.34. The van der Waals surface area contributed by atoms with Crippen molar-refractivity contribution in [2.45, 2.75) is 26.2 Å². The van der Waals surface area contributed by atoms with E-state index in [2.05, 4.69) is 0 Å². The zero-order chi connectivity index (χ0) is 13.5. The second kappa shape index (κ2) is 7.07. The van der Waals surface area contributed by atoms with Crippen molar-refractivity contribution in [1.29, 1.82) is 0 Å². The van der Waals surface area contributed by atoms with Crippen LogP contribution in [0.3, 0.4) is 0 Å². The highest BCUT2D eigenvalue weighted by Crippen LogP contribution is 2.31. The molecule has 0 saturated carbocycles. The van der Waals surface area contributed by atoms with Crippen LogP contribution < -0.4 is 4.74 Å². The fourth-order valence-corrected chi connectivity index (χ4v) is 1.93. The standard InChI is InChI=1S/C14H17ClO3/c1-3-4-10(5-8-14(16)17)12-9-11(15)6-7-13(12)18-2/h5-7,9H,3-4,8H2,1-2H3,(H,16,17)/b10-5+. The largest absolute Gasteiger partial charge is 0.496 e. The molecule has 1 rings (SSSR count). The van der Waals surface area contributed by atoms with E-state index in [1.807, 2.05) is 13.0 Å².